The predicted octanol–water partition coefficient (Wildman–Crippen LogP) is 0.0518. The van der Waals surface area contributed by atoms with Crippen LogP contribution in [-0.4, -0.2) is 44.0 Å². The van der Waals surface area contributed by atoms with Gasteiger partial charge in [0.15, 0.2) is 17.3 Å². The fraction of sp³-hybridized carbons (Fsp3) is 0.250. The molecular formula is C8H8F3N5O3. The van der Waals surface area contributed by atoms with E-state index < -0.39 is 12.1 Å². The first kappa shape index (κ1) is 14.5. The first-order chi connectivity index (χ1) is 8.77. The second kappa shape index (κ2) is 5.37. The van der Waals surface area contributed by atoms with Gasteiger partial charge in [-0.1, -0.05) is 0 Å². The number of aromatic nitrogens is 4. The lowest BCUT2D eigenvalue weighted by Gasteiger charge is -2.08. The van der Waals surface area contributed by atoms with Crippen molar-refractivity contribution in [3.63, 3.8) is 0 Å². The number of nitrogens with two attached hydrogens (primary N) is 1. The van der Waals surface area contributed by atoms with E-state index in [1.54, 1.807) is 0 Å². The largest absolute Gasteiger partial charge is 0.490 e. The topological polar surface area (TPSA) is 116 Å². The minimum absolute atomic E-state index is 0.403. The molecule has 19 heavy (non-hydrogen) atoms. The minimum Gasteiger partial charge on any atom is -0.475 e. The van der Waals surface area contributed by atoms with Crippen LogP contribution in [0.15, 0.2) is 12.7 Å². The van der Waals surface area contributed by atoms with Crippen LogP contribution in [0.25, 0.3) is 11.5 Å². The molecule has 0 aromatic heterocycles. The number of rotatable bonds is 1. The lowest BCUT2D eigenvalue weighted by Crippen LogP contribution is -2.21. The highest BCUT2D eigenvalue weighted by molar-refractivity contribution is 5.73. The molecule has 0 radical (unpaired) electrons. The number of halogens is 3. The Morgan fingerprint density at radius 3 is 2.47 bits per heavy atom. The van der Waals surface area contributed by atoms with E-state index in [0.29, 0.717) is 17.3 Å². The Morgan fingerprint density at radius 2 is 2.00 bits per heavy atom. The van der Waals surface area contributed by atoms with Crippen molar-refractivity contribution in [3.05, 3.63) is 12.7 Å². The van der Waals surface area contributed by atoms with Crippen LogP contribution < -0.4 is 10.6 Å². The number of carboxylic acid groups (broad SMARTS) is 1. The summed E-state index contributed by atoms with van der Waals surface area (Å²) in [6.45, 7) is 0. The third-order valence-corrected chi connectivity index (χ3v) is 1.78. The maximum Gasteiger partial charge on any atom is 0.490 e. The number of hydrogen-bond acceptors (Lipinski definition) is 6. The van der Waals surface area contributed by atoms with Gasteiger partial charge >= 0.3 is 12.1 Å². The van der Waals surface area contributed by atoms with E-state index in [0.717, 1.165) is 0 Å². The highest BCUT2D eigenvalue weighted by atomic mass is 19.4. The van der Waals surface area contributed by atoms with Crippen LogP contribution in [-0.2, 0) is 4.79 Å². The van der Waals surface area contributed by atoms with Gasteiger partial charge in [0.05, 0.1) is 0 Å². The molecule has 0 saturated carbocycles. The number of alkyl halides is 3. The summed E-state index contributed by atoms with van der Waals surface area (Å²) in [6.07, 6.45) is -2.22. The molecule has 8 nitrogen and oxygen atoms in total. The van der Waals surface area contributed by atoms with Gasteiger partial charge in [-0.3, -0.25) is 0 Å². The fourth-order valence-electron chi connectivity index (χ4n) is 0.955. The molecule has 0 aromatic rings. The molecular weight excluding hydrogens is 271 g/mol. The lowest BCUT2D eigenvalue weighted by atomic mass is 10.4. The lowest BCUT2D eigenvalue weighted by molar-refractivity contribution is -0.192. The zero-order valence-electron chi connectivity index (χ0n) is 9.42. The Morgan fingerprint density at radius 1 is 1.42 bits per heavy atom. The molecule has 0 spiro atoms. The molecule has 0 aliphatic carbocycles. The van der Waals surface area contributed by atoms with Crippen molar-refractivity contribution in [2.75, 3.05) is 12.8 Å². The zero-order valence-corrected chi connectivity index (χ0v) is 9.42. The molecule has 2 rings (SSSR count). The molecule has 0 aromatic carbocycles. The van der Waals surface area contributed by atoms with Crippen molar-refractivity contribution in [2.24, 2.45) is 0 Å². The van der Waals surface area contributed by atoms with E-state index in [1.165, 1.54) is 24.5 Å². The van der Waals surface area contributed by atoms with E-state index in [9.17, 15) is 13.2 Å². The molecule has 2 aliphatic heterocycles. The van der Waals surface area contributed by atoms with Crippen LogP contribution in [0, 0.1) is 0 Å². The van der Waals surface area contributed by atoms with Gasteiger partial charge in [0.2, 0.25) is 0 Å². The quantitative estimate of drug-likeness (QED) is 0.757. The van der Waals surface area contributed by atoms with Gasteiger partial charge in [0.25, 0.3) is 0 Å². The molecule has 0 amide bonds. The van der Waals surface area contributed by atoms with Gasteiger partial charge in [-0.2, -0.15) is 17.9 Å². The SMILES string of the molecule is COn1cnc2ncnc-2c1N.O=C(O)C(F)(F)F. The summed E-state index contributed by atoms with van der Waals surface area (Å²) in [6, 6.07) is 0. The monoisotopic (exact) mass is 279 g/mol. The number of hydrogen-bond donors (Lipinski definition) is 2. The number of carbonyl (C=O) groups is 1. The van der Waals surface area contributed by atoms with Crippen LogP contribution >= 0.6 is 0 Å². The van der Waals surface area contributed by atoms with Crippen LogP contribution in [0.2, 0.25) is 0 Å². The summed E-state index contributed by atoms with van der Waals surface area (Å²) in [7, 11) is 1.50. The first-order valence-corrected chi connectivity index (χ1v) is 4.55. The fourth-order valence-corrected chi connectivity index (χ4v) is 0.955. The van der Waals surface area contributed by atoms with E-state index >= 15 is 0 Å². The highest BCUT2D eigenvalue weighted by Crippen LogP contribution is 2.19. The number of carboxylic acids is 1. The van der Waals surface area contributed by atoms with Crippen molar-refractivity contribution in [3.8, 4) is 11.5 Å². The van der Waals surface area contributed by atoms with Crippen LogP contribution in [0.4, 0.5) is 19.0 Å². The molecule has 0 unspecified atom stereocenters. The average molecular weight is 279 g/mol. The summed E-state index contributed by atoms with van der Waals surface area (Å²) in [5.41, 5.74) is 6.22. The summed E-state index contributed by atoms with van der Waals surface area (Å²) >= 11 is 0. The van der Waals surface area contributed by atoms with E-state index in [1.807, 2.05) is 0 Å². The third-order valence-electron chi connectivity index (χ3n) is 1.78. The maximum atomic E-state index is 10.6. The van der Waals surface area contributed by atoms with E-state index in [-0.39, 0.29) is 0 Å². The summed E-state index contributed by atoms with van der Waals surface area (Å²) in [5, 5.41) is 7.12. The Bertz CT molecular complexity index is 541. The smallest absolute Gasteiger partial charge is 0.475 e. The van der Waals surface area contributed by atoms with Crippen molar-refractivity contribution in [1.82, 2.24) is 19.7 Å². The third kappa shape index (κ3) is 3.43. The number of anilines is 1. The van der Waals surface area contributed by atoms with Crippen LogP contribution in [0.1, 0.15) is 0 Å². The van der Waals surface area contributed by atoms with E-state index in [4.69, 9.17) is 20.5 Å². The maximum absolute atomic E-state index is 10.6. The molecule has 11 heteroatoms. The van der Waals surface area contributed by atoms with Crippen molar-refractivity contribution in [2.45, 2.75) is 6.18 Å². The molecule has 0 bridgehead atoms. The van der Waals surface area contributed by atoms with Gasteiger partial charge in [0.1, 0.15) is 19.8 Å². The normalized spacial score (nSPS) is 10.7. The van der Waals surface area contributed by atoms with Gasteiger partial charge in [-0.25, -0.2) is 19.7 Å². The Kier molecular flexibility index (Phi) is 4.09. The number of fused-ring (bicyclic) bond motifs is 1. The molecule has 2 aliphatic rings. The summed E-state index contributed by atoms with van der Waals surface area (Å²) in [4.78, 5) is 25.5. The summed E-state index contributed by atoms with van der Waals surface area (Å²) < 4.78 is 33.1. The number of aliphatic carboxylic acids is 1. The Hall–Kier alpha value is -2.59. The van der Waals surface area contributed by atoms with Crippen LogP contribution in [0.5, 0.6) is 0 Å². The van der Waals surface area contributed by atoms with Crippen molar-refractivity contribution in [1.29, 1.82) is 0 Å². The molecule has 0 fully saturated rings. The second-order valence-electron chi connectivity index (χ2n) is 2.99. The number of nitrogen functional groups attached to an aromatic ring is 1. The molecule has 2 heterocycles. The molecule has 104 valence electrons. The summed E-state index contributed by atoms with van der Waals surface area (Å²) in [5.74, 6) is -1.83. The van der Waals surface area contributed by atoms with Gasteiger partial charge < -0.3 is 15.7 Å². The van der Waals surface area contributed by atoms with Gasteiger partial charge in [-0.15, -0.1) is 0 Å². The molecule has 3 N–H and O–H groups in total. The average Bonchev–Trinajstić information content (AvgIpc) is 2.78. The Balaban J connectivity index is 0.000000224. The van der Waals surface area contributed by atoms with E-state index in [2.05, 4.69) is 15.0 Å². The molecule has 0 saturated heterocycles. The van der Waals surface area contributed by atoms with Crippen molar-refractivity contribution < 1.29 is 27.9 Å². The first-order valence-electron chi connectivity index (χ1n) is 4.55. The van der Waals surface area contributed by atoms with Crippen molar-refractivity contribution >= 4 is 11.8 Å². The Labute approximate surface area is 104 Å². The van der Waals surface area contributed by atoms with Crippen LogP contribution in [0.3, 0.4) is 0 Å². The second-order valence-corrected chi connectivity index (χ2v) is 2.99. The number of imidazole rings is 1. The molecule has 0 atom stereocenters. The minimum atomic E-state index is -5.08. The zero-order chi connectivity index (χ0) is 14.6. The highest BCUT2D eigenvalue weighted by Gasteiger charge is 2.38. The van der Waals surface area contributed by atoms with Gasteiger partial charge in [0, 0.05) is 0 Å². The predicted molar refractivity (Wildman–Crippen MR) is 55.0 cm³/mol. The standard InChI is InChI=1S/C6H7N5O.C2HF3O2/c1-12-11-3-10-6-4(5(11)7)8-2-9-6;3-2(4,5)1(6)7/h2-3H,7H2,1H3;(H,6,7). The van der Waals surface area contributed by atoms with Gasteiger partial charge in [-0.05, 0) is 0 Å². The number of nitrogens with zero attached hydrogens (tertiary/aromatic N) is 4.